The number of carbonyl (C=O) groups is 2. The first-order valence-electron chi connectivity index (χ1n) is 8.32. The zero-order chi connectivity index (χ0) is 19.3. The van der Waals surface area contributed by atoms with Gasteiger partial charge in [0.2, 0.25) is 0 Å². The van der Waals surface area contributed by atoms with E-state index in [0.29, 0.717) is 23.0 Å². The van der Waals surface area contributed by atoms with Gasteiger partial charge in [-0.1, -0.05) is 37.6 Å². The van der Waals surface area contributed by atoms with Crippen LogP contribution in [0.4, 0.5) is 0 Å². The van der Waals surface area contributed by atoms with E-state index in [1.54, 1.807) is 30.3 Å². The van der Waals surface area contributed by atoms with Crippen LogP contribution in [0.2, 0.25) is 5.02 Å². The third-order valence-electron chi connectivity index (χ3n) is 3.88. The lowest BCUT2D eigenvalue weighted by Gasteiger charge is -2.21. The molecule has 2 atom stereocenters. The predicted molar refractivity (Wildman–Crippen MR) is 98.3 cm³/mol. The number of carboxylic acid groups (broad SMARTS) is 2. The number of aliphatic carboxylic acids is 2. The minimum Gasteiger partial charge on any atom is -0.480 e. The summed E-state index contributed by atoms with van der Waals surface area (Å²) in [5, 5.41) is 22.0. The lowest BCUT2D eigenvalue weighted by Crippen LogP contribution is -2.48. The Morgan fingerprint density at radius 1 is 1.12 bits per heavy atom. The Hall–Kier alpha value is -2.31. The molecule has 0 spiro atoms. The number of benzene rings is 1. The van der Waals surface area contributed by atoms with Crippen molar-refractivity contribution in [3.05, 3.63) is 47.2 Å². The first-order chi connectivity index (χ1) is 12.3. The lowest BCUT2D eigenvalue weighted by atomic mass is 10.0. The summed E-state index contributed by atoms with van der Waals surface area (Å²) >= 11 is 5.97. The van der Waals surface area contributed by atoms with Gasteiger partial charge in [-0.05, 0) is 36.6 Å². The topological polar surface area (TPSA) is 99.8 Å². The first kappa shape index (κ1) is 20.0. The van der Waals surface area contributed by atoms with E-state index in [0.717, 1.165) is 5.56 Å². The molecule has 0 saturated carbocycles. The molecule has 1 unspecified atom stereocenters. The van der Waals surface area contributed by atoms with Crippen LogP contribution in [0.15, 0.2) is 40.8 Å². The van der Waals surface area contributed by atoms with Crippen LogP contribution >= 0.6 is 11.6 Å². The maximum Gasteiger partial charge on any atom is 0.321 e. The fourth-order valence-electron chi connectivity index (χ4n) is 2.66. The van der Waals surface area contributed by atoms with Crippen molar-refractivity contribution in [3.63, 3.8) is 0 Å². The van der Waals surface area contributed by atoms with E-state index in [1.807, 2.05) is 19.9 Å². The highest BCUT2D eigenvalue weighted by atomic mass is 35.5. The number of carboxylic acids is 2. The number of nitrogens with one attached hydrogen (secondary N) is 1. The van der Waals surface area contributed by atoms with Crippen LogP contribution in [-0.2, 0) is 16.0 Å². The van der Waals surface area contributed by atoms with E-state index in [-0.39, 0.29) is 12.3 Å². The van der Waals surface area contributed by atoms with Gasteiger partial charge in [0.05, 0.1) is 0 Å². The summed E-state index contributed by atoms with van der Waals surface area (Å²) in [6, 6.07) is 8.57. The van der Waals surface area contributed by atoms with Crippen LogP contribution in [0.1, 0.15) is 26.0 Å². The highest BCUT2D eigenvalue weighted by Gasteiger charge is 2.27. The quantitative estimate of drug-likeness (QED) is 0.614. The second kappa shape index (κ2) is 8.87. The van der Waals surface area contributed by atoms with Gasteiger partial charge in [0, 0.05) is 17.0 Å². The van der Waals surface area contributed by atoms with E-state index < -0.39 is 24.0 Å². The van der Waals surface area contributed by atoms with E-state index in [4.69, 9.17) is 16.0 Å². The minimum atomic E-state index is -1.12. The molecule has 0 fully saturated rings. The van der Waals surface area contributed by atoms with E-state index in [9.17, 15) is 19.8 Å². The fourth-order valence-corrected chi connectivity index (χ4v) is 2.85. The van der Waals surface area contributed by atoms with Gasteiger partial charge in [-0.3, -0.25) is 14.9 Å². The molecule has 0 bridgehead atoms. The van der Waals surface area contributed by atoms with Crippen molar-refractivity contribution < 1.29 is 24.2 Å². The molecule has 0 amide bonds. The van der Waals surface area contributed by atoms with E-state index in [1.165, 1.54) is 0 Å². The molecule has 26 heavy (non-hydrogen) atoms. The van der Waals surface area contributed by atoms with Gasteiger partial charge in [-0.15, -0.1) is 0 Å². The Labute approximate surface area is 156 Å². The zero-order valence-corrected chi connectivity index (χ0v) is 15.4. The van der Waals surface area contributed by atoms with Crippen molar-refractivity contribution in [2.24, 2.45) is 5.92 Å². The SMILES string of the molecule is CC(C)C[C@H](NC(Cc1ccc(-c2cccc(Cl)c2)o1)C(=O)O)C(=O)O. The normalized spacial score (nSPS) is 13.5. The van der Waals surface area contributed by atoms with Crippen LogP contribution in [-0.4, -0.2) is 34.2 Å². The molecule has 0 radical (unpaired) electrons. The Balaban J connectivity index is 2.13. The van der Waals surface area contributed by atoms with Gasteiger partial charge < -0.3 is 14.6 Å². The van der Waals surface area contributed by atoms with Gasteiger partial charge in [0.25, 0.3) is 0 Å². The summed E-state index contributed by atoms with van der Waals surface area (Å²) in [4.78, 5) is 22.9. The van der Waals surface area contributed by atoms with Crippen molar-refractivity contribution >= 4 is 23.5 Å². The van der Waals surface area contributed by atoms with Crippen LogP contribution in [0.25, 0.3) is 11.3 Å². The maximum atomic E-state index is 11.6. The highest BCUT2D eigenvalue weighted by molar-refractivity contribution is 6.30. The molecule has 1 aromatic carbocycles. The third-order valence-corrected chi connectivity index (χ3v) is 4.12. The van der Waals surface area contributed by atoms with Crippen molar-refractivity contribution in [2.45, 2.75) is 38.8 Å². The molecule has 3 N–H and O–H groups in total. The van der Waals surface area contributed by atoms with Crippen LogP contribution < -0.4 is 5.32 Å². The molecular formula is C19H22ClNO5. The molecule has 1 heterocycles. The average Bonchev–Trinajstić information content (AvgIpc) is 3.01. The Kier molecular flexibility index (Phi) is 6.83. The first-order valence-corrected chi connectivity index (χ1v) is 8.70. The minimum absolute atomic E-state index is 0.0395. The molecule has 2 rings (SSSR count). The monoisotopic (exact) mass is 379 g/mol. The highest BCUT2D eigenvalue weighted by Crippen LogP contribution is 2.25. The van der Waals surface area contributed by atoms with Crippen molar-refractivity contribution in [1.29, 1.82) is 0 Å². The van der Waals surface area contributed by atoms with E-state index >= 15 is 0 Å². The van der Waals surface area contributed by atoms with Gasteiger partial charge in [0.1, 0.15) is 23.6 Å². The Bertz CT molecular complexity index is 771. The standard InChI is InChI=1S/C19H22ClNO5/c1-11(2)8-15(18(22)23)21-16(19(24)25)10-14-6-7-17(26-14)12-4-3-5-13(20)9-12/h3-7,9,11,15-16,21H,8,10H2,1-2H3,(H,22,23)(H,24,25)/t15-,16?/m0/s1. The average molecular weight is 380 g/mol. The van der Waals surface area contributed by atoms with Crippen molar-refractivity contribution in [3.8, 4) is 11.3 Å². The Morgan fingerprint density at radius 3 is 2.38 bits per heavy atom. The molecule has 0 saturated heterocycles. The zero-order valence-electron chi connectivity index (χ0n) is 14.6. The summed E-state index contributed by atoms with van der Waals surface area (Å²) < 4.78 is 5.72. The molecular weight excluding hydrogens is 358 g/mol. The van der Waals surface area contributed by atoms with Gasteiger partial charge >= 0.3 is 11.9 Å². The summed E-state index contributed by atoms with van der Waals surface area (Å²) in [5.41, 5.74) is 0.784. The molecule has 140 valence electrons. The maximum absolute atomic E-state index is 11.6. The molecule has 0 aliphatic carbocycles. The Morgan fingerprint density at radius 2 is 1.81 bits per heavy atom. The largest absolute Gasteiger partial charge is 0.480 e. The second-order valence-corrected chi connectivity index (χ2v) is 6.99. The third kappa shape index (κ3) is 5.61. The molecule has 1 aromatic heterocycles. The number of rotatable bonds is 9. The number of hydrogen-bond donors (Lipinski definition) is 3. The molecule has 7 heteroatoms. The van der Waals surface area contributed by atoms with Gasteiger partial charge in [-0.25, -0.2) is 0 Å². The van der Waals surface area contributed by atoms with Crippen LogP contribution in [0.5, 0.6) is 0 Å². The lowest BCUT2D eigenvalue weighted by molar-refractivity contribution is -0.143. The number of halogens is 1. The van der Waals surface area contributed by atoms with Gasteiger partial charge in [-0.2, -0.15) is 0 Å². The second-order valence-electron chi connectivity index (χ2n) is 6.56. The molecule has 0 aliphatic heterocycles. The van der Waals surface area contributed by atoms with Crippen LogP contribution in [0.3, 0.4) is 0 Å². The van der Waals surface area contributed by atoms with Crippen molar-refractivity contribution in [2.75, 3.05) is 0 Å². The fraction of sp³-hybridized carbons (Fsp3) is 0.368. The molecule has 0 aliphatic rings. The summed E-state index contributed by atoms with van der Waals surface area (Å²) in [6.07, 6.45) is 0.378. The summed E-state index contributed by atoms with van der Waals surface area (Å²) in [7, 11) is 0. The van der Waals surface area contributed by atoms with E-state index in [2.05, 4.69) is 5.32 Å². The number of hydrogen-bond acceptors (Lipinski definition) is 4. The van der Waals surface area contributed by atoms with Crippen molar-refractivity contribution in [1.82, 2.24) is 5.32 Å². The van der Waals surface area contributed by atoms with Crippen LogP contribution in [0, 0.1) is 5.92 Å². The smallest absolute Gasteiger partial charge is 0.321 e. The molecule has 2 aromatic rings. The number of furan rings is 1. The summed E-state index contributed by atoms with van der Waals surface area (Å²) in [5.74, 6) is -1.04. The van der Waals surface area contributed by atoms with Gasteiger partial charge in [0.15, 0.2) is 0 Å². The summed E-state index contributed by atoms with van der Waals surface area (Å²) in [6.45, 7) is 3.77. The molecule has 6 nitrogen and oxygen atoms in total. The predicted octanol–water partition coefficient (Wildman–Crippen LogP) is 3.68.